The lowest BCUT2D eigenvalue weighted by atomic mass is 9.75. The van der Waals surface area contributed by atoms with Crippen LogP contribution in [-0.4, -0.2) is 99.1 Å². The summed E-state index contributed by atoms with van der Waals surface area (Å²) in [5, 5.41) is 61.2. The van der Waals surface area contributed by atoms with Crippen LogP contribution >= 0.6 is 0 Å². The SMILES string of the molecule is COC(=O)[C@H]1[C@H](O)[C@@H](C)[C@@H](O)[C@@H](C)/C=C/C=C(\C)C(=O)Nc2c(C)c(OC(C)=O)c3c(c2O)C(=O)C(C)=C2OCOC(=C23)/C(C)=C\[C@@](C)(O)[C@@H](O)[C@@H](C)[C@H]1OC(C)=O. The molecule has 9 atom stereocenters. The van der Waals surface area contributed by atoms with Crippen molar-refractivity contribution in [1.29, 1.82) is 0 Å². The quantitative estimate of drug-likeness (QED) is 0.145. The molecule has 0 saturated carbocycles. The number of carbonyl (C=O) groups excluding carboxylic acids is 5. The molecule has 0 aromatic heterocycles. The van der Waals surface area contributed by atoms with Crippen LogP contribution in [-0.2, 0) is 38.1 Å². The van der Waals surface area contributed by atoms with Crippen LogP contribution in [0.2, 0.25) is 0 Å². The summed E-state index contributed by atoms with van der Waals surface area (Å²) < 4.78 is 28.0. The first-order valence-corrected chi connectivity index (χ1v) is 18.7. The van der Waals surface area contributed by atoms with E-state index in [9.17, 15) is 49.5 Å². The van der Waals surface area contributed by atoms with E-state index in [0.717, 1.165) is 21.0 Å². The maximum atomic E-state index is 14.0. The van der Waals surface area contributed by atoms with Gasteiger partial charge in [-0.3, -0.25) is 24.0 Å². The highest BCUT2D eigenvalue weighted by molar-refractivity contribution is 6.21. The van der Waals surface area contributed by atoms with Gasteiger partial charge in [-0.1, -0.05) is 39.0 Å². The van der Waals surface area contributed by atoms with Gasteiger partial charge < -0.3 is 54.5 Å². The number of hydrogen-bond acceptors (Lipinski definition) is 15. The molecule has 3 aliphatic heterocycles. The van der Waals surface area contributed by atoms with Gasteiger partial charge in [0, 0.05) is 53.9 Å². The Balaban J connectivity index is 2.10. The van der Waals surface area contributed by atoms with Gasteiger partial charge >= 0.3 is 17.9 Å². The summed E-state index contributed by atoms with van der Waals surface area (Å²) in [7, 11) is 1.06. The zero-order chi connectivity index (χ0) is 43.7. The lowest BCUT2D eigenvalue weighted by molar-refractivity contribution is -0.181. The van der Waals surface area contributed by atoms with Crippen LogP contribution in [0.25, 0.3) is 5.57 Å². The molecular weight excluding hydrogens is 758 g/mol. The third-order valence-electron chi connectivity index (χ3n) is 10.9. The molecule has 0 spiro atoms. The average Bonchev–Trinajstić information content (AvgIpc) is 3.16. The summed E-state index contributed by atoms with van der Waals surface area (Å²) in [6.45, 7) is 13.4. The average molecular weight is 812 g/mol. The largest absolute Gasteiger partial charge is 0.505 e. The number of ketones is 1. The second kappa shape index (κ2) is 17.7. The first-order valence-electron chi connectivity index (χ1n) is 18.7. The van der Waals surface area contributed by atoms with E-state index in [1.54, 1.807) is 13.0 Å². The van der Waals surface area contributed by atoms with E-state index in [4.69, 9.17) is 23.7 Å². The van der Waals surface area contributed by atoms with E-state index in [0.29, 0.717) is 0 Å². The number of ether oxygens (including phenoxy) is 5. The molecule has 0 unspecified atom stereocenters. The summed E-state index contributed by atoms with van der Waals surface area (Å²) in [5.41, 5.74) is -2.49. The molecule has 5 rings (SSSR count). The lowest BCUT2D eigenvalue weighted by Gasteiger charge is -2.40. The van der Waals surface area contributed by atoms with Gasteiger partial charge in [0.15, 0.2) is 11.5 Å². The third kappa shape index (κ3) is 8.74. The van der Waals surface area contributed by atoms with Crippen molar-refractivity contribution in [3.63, 3.8) is 0 Å². The zero-order valence-corrected chi connectivity index (χ0v) is 34.5. The molecule has 316 valence electrons. The fraction of sp³-hybridized carbons (Fsp3) is 0.500. The fourth-order valence-electron chi connectivity index (χ4n) is 7.63. The molecule has 0 saturated heterocycles. The number of rotatable bonds is 3. The molecule has 0 fully saturated rings. The number of amides is 1. The standard InChI is InChI=1S/C42H53NO15/c1-17-13-12-14-18(2)40(51)43-30-20(4)37(57-24(8)44)26-27(34(30)49)33(48)22(6)36-28(26)35(55-16-56-36)19(3)15-42(10,53)39(50)23(7)38(58-25(9)45)29(41(52)54-11)32(47)21(5)31(17)46/h12-15,17,21,23,29,31-32,38-39,46-47,49-50,53H,16H2,1-11H3,(H,43,51)/b13-12+,18-14+,19-15-/t17-,21-,23-,29-,31-,32+,38+,39-,42+/m0/s1. The van der Waals surface area contributed by atoms with Gasteiger partial charge in [0.2, 0.25) is 6.79 Å². The number of nitrogens with one attached hydrogen (secondary N) is 1. The minimum atomic E-state index is -2.22. The number of Topliss-reactive ketones (excluding diaryl/α,β-unsaturated/α-hetero) is 1. The summed E-state index contributed by atoms with van der Waals surface area (Å²) in [6.07, 6.45) is -0.811. The number of benzene rings is 1. The summed E-state index contributed by atoms with van der Waals surface area (Å²) in [4.78, 5) is 66.1. The monoisotopic (exact) mass is 811 g/mol. The molecule has 1 aromatic rings. The lowest BCUT2D eigenvalue weighted by Crippen LogP contribution is -2.54. The van der Waals surface area contributed by atoms with Crippen LogP contribution in [0.15, 0.2) is 52.5 Å². The summed E-state index contributed by atoms with van der Waals surface area (Å²) >= 11 is 0. The molecule has 1 aliphatic carbocycles. The fourth-order valence-corrected chi connectivity index (χ4v) is 7.63. The summed E-state index contributed by atoms with van der Waals surface area (Å²) in [6, 6.07) is 0. The van der Waals surface area contributed by atoms with E-state index >= 15 is 0 Å². The highest BCUT2D eigenvalue weighted by Gasteiger charge is 2.49. The number of hydrogen-bond donors (Lipinski definition) is 6. The van der Waals surface area contributed by atoms with E-state index in [-0.39, 0.29) is 61.9 Å². The smallest absolute Gasteiger partial charge is 0.315 e. The Labute approximate surface area is 336 Å². The Morgan fingerprint density at radius 3 is 2.10 bits per heavy atom. The van der Waals surface area contributed by atoms with Crippen molar-refractivity contribution < 1.29 is 73.2 Å². The van der Waals surface area contributed by atoms with Gasteiger partial charge in [-0.05, 0) is 46.3 Å². The number of allylic oxidation sites excluding steroid dienone is 5. The predicted molar refractivity (Wildman–Crippen MR) is 208 cm³/mol. The number of methoxy groups -OCH3 is 1. The number of aromatic hydroxyl groups is 1. The predicted octanol–water partition coefficient (Wildman–Crippen LogP) is 3.68. The molecule has 1 aromatic carbocycles. The molecule has 58 heavy (non-hydrogen) atoms. The Morgan fingerprint density at radius 2 is 1.52 bits per heavy atom. The number of phenolic OH excluding ortho intramolecular Hbond substituents is 1. The molecule has 4 aliphatic rings. The molecule has 16 nitrogen and oxygen atoms in total. The van der Waals surface area contributed by atoms with Crippen molar-refractivity contribution >= 4 is 40.9 Å². The Morgan fingerprint density at radius 1 is 0.897 bits per heavy atom. The van der Waals surface area contributed by atoms with E-state index in [2.05, 4.69) is 5.32 Å². The maximum Gasteiger partial charge on any atom is 0.315 e. The van der Waals surface area contributed by atoms with Crippen molar-refractivity contribution in [2.24, 2.45) is 23.7 Å². The second-order valence-electron chi connectivity index (χ2n) is 15.3. The van der Waals surface area contributed by atoms with Gasteiger partial charge in [0.1, 0.15) is 34.9 Å². The highest BCUT2D eigenvalue weighted by Crippen LogP contribution is 2.53. The van der Waals surface area contributed by atoms with Crippen LogP contribution in [0.5, 0.6) is 11.5 Å². The Kier molecular flexibility index (Phi) is 13.8. The molecule has 6 N–H and O–H groups in total. The highest BCUT2D eigenvalue weighted by atomic mass is 16.7. The molecule has 1 amide bonds. The second-order valence-corrected chi connectivity index (χ2v) is 15.3. The third-order valence-corrected chi connectivity index (χ3v) is 10.9. The number of aliphatic hydroxyl groups excluding tert-OH is 3. The van der Waals surface area contributed by atoms with Crippen molar-refractivity contribution in [2.45, 2.75) is 99.3 Å². The van der Waals surface area contributed by atoms with Crippen LogP contribution in [0, 0.1) is 30.6 Å². The van der Waals surface area contributed by atoms with Crippen LogP contribution < -0.4 is 10.1 Å². The van der Waals surface area contributed by atoms with Crippen molar-refractivity contribution in [3.05, 3.63) is 69.2 Å². The molecule has 4 bridgehead atoms. The van der Waals surface area contributed by atoms with Crippen LogP contribution in [0.4, 0.5) is 5.69 Å². The Bertz CT molecular complexity index is 2040. The molecule has 16 heteroatoms. The van der Waals surface area contributed by atoms with Gasteiger partial charge in [0.25, 0.3) is 5.91 Å². The molecular formula is C42H53NO15. The van der Waals surface area contributed by atoms with Crippen molar-refractivity contribution in [2.75, 3.05) is 19.2 Å². The van der Waals surface area contributed by atoms with Crippen LogP contribution in [0.1, 0.15) is 83.8 Å². The summed E-state index contributed by atoms with van der Waals surface area (Å²) in [5.74, 6) is -9.71. The van der Waals surface area contributed by atoms with E-state index < -0.39 is 95.8 Å². The van der Waals surface area contributed by atoms with Gasteiger partial charge in [-0.25, -0.2) is 0 Å². The minimum Gasteiger partial charge on any atom is -0.505 e. The molecule has 0 radical (unpaired) electrons. The van der Waals surface area contributed by atoms with Crippen LogP contribution in [0.3, 0.4) is 0 Å². The number of fused-ring (bicyclic) bond motifs is 14. The minimum absolute atomic E-state index is 0.00972. The maximum absolute atomic E-state index is 14.0. The topological polar surface area (TPSA) is 245 Å². The first kappa shape index (κ1) is 45.4. The van der Waals surface area contributed by atoms with E-state index in [1.165, 1.54) is 66.7 Å². The van der Waals surface area contributed by atoms with Crippen molar-refractivity contribution in [1.82, 2.24) is 0 Å². The Hall–Kier alpha value is -5.29. The number of aliphatic hydroxyl groups is 4. The number of carbonyl (C=O) groups is 5. The van der Waals surface area contributed by atoms with Gasteiger partial charge in [-0.2, -0.15) is 0 Å². The first-order chi connectivity index (χ1) is 27.0. The van der Waals surface area contributed by atoms with Gasteiger partial charge in [-0.15, -0.1) is 0 Å². The number of esters is 3. The van der Waals surface area contributed by atoms with E-state index in [1.807, 2.05) is 0 Å². The van der Waals surface area contributed by atoms with Gasteiger partial charge in [0.05, 0.1) is 42.2 Å². The number of phenols is 1. The molecule has 3 heterocycles. The zero-order valence-electron chi connectivity index (χ0n) is 34.5. The normalized spacial score (nSPS) is 32.1. The van der Waals surface area contributed by atoms with Crippen molar-refractivity contribution in [3.8, 4) is 11.5 Å². The number of anilines is 1.